The van der Waals surface area contributed by atoms with Crippen molar-refractivity contribution in [3.8, 4) is 6.07 Å². The van der Waals surface area contributed by atoms with E-state index in [4.69, 9.17) is 5.26 Å². The predicted molar refractivity (Wildman–Crippen MR) is 69.1 cm³/mol. The van der Waals surface area contributed by atoms with E-state index in [1.807, 2.05) is 6.07 Å². The molecule has 0 heterocycles. The molecule has 7 nitrogen and oxygen atoms in total. The molecule has 0 aliphatic rings. The maximum atomic E-state index is 11.9. The predicted octanol–water partition coefficient (Wildman–Crippen LogP) is -0.321. The molecule has 0 aromatic heterocycles. The number of benzene rings is 1. The van der Waals surface area contributed by atoms with Gasteiger partial charge in [0.1, 0.15) is 0 Å². The van der Waals surface area contributed by atoms with Gasteiger partial charge in [0.2, 0.25) is 10.0 Å². The number of hydrogen-bond donors (Lipinski definition) is 2. The van der Waals surface area contributed by atoms with E-state index >= 15 is 0 Å². The molecule has 0 aliphatic heterocycles. The summed E-state index contributed by atoms with van der Waals surface area (Å²) in [5.41, 5.74) is 0.891. The Balaban J connectivity index is 2.87. The molecule has 0 radical (unpaired) electrons. The van der Waals surface area contributed by atoms with E-state index in [0.717, 1.165) is 7.11 Å². The van der Waals surface area contributed by atoms with Gasteiger partial charge in [0.15, 0.2) is 6.10 Å². The van der Waals surface area contributed by atoms with Crippen molar-refractivity contribution in [3.05, 3.63) is 29.3 Å². The third-order valence-corrected chi connectivity index (χ3v) is 3.99. The van der Waals surface area contributed by atoms with Crippen LogP contribution in [0.5, 0.6) is 0 Å². The molecule has 0 aliphatic carbocycles. The van der Waals surface area contributed by atoms with Crippen LogP contribution in [0.2, 0.25) is 0 Å². The number of ether oxygens (including phenoxy) is 1. The highest BCUT2D eigenvalue weighted by molar-refractivity contribution is 7.89. The number of rotatable bonds is 5. The minimum Gasteiger partial charge on any atom is -0.467 e. The van der Waals surface area contributed by atoms with E-state index in [-0.39, 0.29) is 4.90 Å². The van der Waals surface area contributed by atoms with Crippen molar-refractivity contribution < 1.29 is 23.1 Å². The standard InChI is InChI=1S/C12H14N2O5S/c1-8-5-10(4-3-9(8)6-13)20(17,18)14-7-11(15)12(16)19-2/h3-5,11,14-15H,7H2,1-2H3. The largest absolute Gasteiger partial charge is 0.467 e. The van der Waals surface area contributed by atoms with Crippen molar-refractivity contribution in [2.75, 3.05) is 13.7 Å². The molecule has 0 bridgehead atoms. The summed E-state index contributed by atoms with van der Waals surface area (Å²) in [5.74, 6) is -0.927. The molecule has 2 N–H and O–H groups in total. The lowest BCUT2D eigenvalue weighted by Gasteiger charge is -2.11. The van der Waals surface area contributed by atoms with Gasteiger partial charge < -0.3 is 9.84 Å². The lowest BCUT2D eigenvalue weighted by molar-refractivity contribution is -0.149. The van der Waals surface area contributed by atoms with E-state index in [9.17, 15) is 18.3 Å². The summed E-state index contributed by atoms with van der Waals surface area (Å²) in [4.78, 5) is 10.9. The molecule has 8 heteroatoms. The van der Waals surface area contributed by atoms with Crippen LogP contribution in [0, 0.1) is 18.3 Å². The van der Waals surface area contributed by atoms with E-state index in [1.54, 1.807) is 6.92 Å². The smallest absolute Gasteiger partial charge is 0.336 e. The first-order valence-electron chi connectivity index (χ1n) is 5.58. The van der Waals surface area contributed by atoms with Crippen LogP contribution in [0.4, 0.5) is 0 Å². The van der Waals surface area contributed by atoms with Gasteiger partial charge in [-0.15, -0.1) is 0 Å². The zero-order valence-electron chi connectivity index (χ0n) is 11.0. The maximum Gasteiger partial charge on any atom is 0.336 e. The van der Waals surface area contributed by atoms with Crippen molar-refractivity contribution in [3.63, 3.8) is 0 Å². The lowest BCUT2D eigenvalue weighted by Crippen LogP contribution is -2.37. The average molecular weight is 298 g/mol. The van der Waals surface area contributed by atoms with Gasteiger partial charge >= 0.3 is 5.97 Å². The van der Waals surface area contributed by atoms with E-state index in [1.165, 1.54) is 18.2 Å². The number of nitriles is 1. The molecular weight excluding hydrogens is 284 g/mol. The first kappa shape index (κ1) is 16.1. The van der Waals surface area contributed by atoms with Crippen LogP contribution in [0.1, 0.15) is 11.1 Å². The molecule has 1 atom stereocenters. The van der Waals surface area contributed by atoms with Gasteiger partial charge in [0, 0.05) is 6.54 Å². The van der Waals surface area contributed by atoms with Gasteiger partial charge in [-0.3, -0.25) is 0 Å². The minimum absolute atomic E-state index is 0.0499. The van der Waals surface area contributed by atoms with Crippen molar-refractivity contribution in [2.45, 2.75) is 17.9 Å². The summed E-state index contributed by atoms with van der Waals surface area (Å²) in [6, 6.07) is 5.93. The average Bonchev–Trinajstić information content (AvgIpc) is 2.43. The molecule has 108 valence electrons. The highest BCUT2D eigenvalue weighted by atomic mass is 32.2. The molecule has 20 heavy (non-hydrogen) atoms. The van der Waals surface area contributed by atoms with E-state index in [0.29, 0.717) is 11.1 Å². The van der Waals surface area contributed by atoms with Gasteiger partial charge in [-0.1, -0.05) is 0 Å². The Bertz CT molecular complexity index is 648. The fraction of sp³-hybridized carbons (Fsp3) is 0.333. The molecule has 1 aromatic carbocycles. The Hall–Kier alpha value is -1.95. The van der Waals surface area contributed by atoms with Crippen LogP contribution in [0.25, 0.3) is 0 Å². The summed E-state index contributed by atoms with van der Waals surface area (Å²) in [5, 5.41) is 18.1. The van der Waals surface area contributed by atoms with Crippen LogP contribution in [0.3, 0.4) is 0 Å². The molecular formula is C12H14N2O5S. The van der Waals surface area contributed by atoms with Crippen LogP contribution in [0.15, 0.2) is 23.1 Å². The highest BCUT2D eigenvalue weighted by Gasteiger charge is 2.20. The Morgan fingerprint density at radius 1 is 1.55 bits per heavy atom. The number of carbonyl (C=O) groups is 1. The Labute approximate surface area is 116 Å². The molecule has 0 spiro atoms. The van der Waals surface area contributed by atoms with Crippen LogP contribution >= 0.6 is 0 Å². The van der Waals surface area contributed by atoms with Crippen LogP contribution < -0.4 is 4.72 Å². The number of nitrogens with one attached hydrogen (secondary N) is 1. The summed E-state index contributed by atoms with van der Waals surface area (Å²) in [6.07, 6.45) is -1.57. The number of sulfonamides is 1. The third kappa shape index (κ3) is 3.77. The fourth-order valence-electron chi connectivity index (χ4n) is 1.42. The number of methoxy groups -OCH3 is 1. The molecule has 1 aromatic rings. The van der Waals surface area contributed by atoms with Crippen LogP contribution in [-0.4, -0.2) is 39.3 Å². The number of carbonyl (C=O) groups excluding carboxylic acids is 1. The zero-order chi connectivity index (χ0) is 15.3. The number of aliphatic hydroxyl groups excluding tert-OH is 1. The molecule has 1 unspecified atom stereocenters. The molecule has 0 amide bonds. The summed E-state index contributed by atoms with van der Waals surface area (Å²) < 4.78 is 30.3. The second-order valence-electron chi connectivity index (χ2n) is 3.98. The first-order chi connectivity index (χ1) is 9.31. The van der Waals surface area contributed by atoms with E-state index in [2.05, 4.69) is 9.46 Å². The number of nitrogens with zero attached hydrogens (tertiary/aromatic N) is 1. The number of aryl methyl sites for hydroxylation is 1. The molecule has 0 fully saturated rings. The number of aliphatic hydroxyl groups is 1. The normalized spacial score (nSPS) is 12.5. The summed E-state index contributed by atoms with van der Waals surface area (Å²) >= 11 is 0. The SMILES string of the molecule is COC(=O)C(O)CNS(=O)(=O)c1ccc(C#N)c(C)c1. The van der Waals surface area contributed by atoms with Crippen molar-refractivity contribution in [1.29, 1.82) is 5.26 Å². The van der Waals surface area contributed by atoms with Gasteiger partial charge in [-0.2, -0.15) is 5.26 Å². The minimum atomic E-state index is -3.87. The highest BCUT2D eigenvalue weighted by Crippen LogP contribution is 2.14. The second kappa shape index (κ2) is 6.47. The first-order valence-corrected chi connectivity index (χ1v) is 7.06. The monoisotopic (exact) mass is 298 g/mol. The molecule has 1 rings (SSSR count). The Kier molecular flexibility index (Phi) is 5.21. The zero-order valence-corrected chi connectivity index (χ0v) is 11.8. The fourth-order valence-corrected chi connectivity index (χ4v) is 2.54. The molecule has 0 saturated carbocycles. The summed E-state index contributed by atoms with van der Waals surface area (Å²) in [6.45, 7) is 1.12. The van der Waals surface area contributed by atoms with Gasteiger partial charge in [-0.25, -0.2) is 17.9 Å². The van der Waals surface area contributed by atoms with E-state index < -0.39 is 28.6 Å². The summed E-state index contributed by atoms with van der Waals surface area (Å²) in [7, 11) is -2.78. The van der Waals surface area contributed by atoms with Gasteiger partial charge in [0.05, 0.1) is 23.6 Å². The maximum absolute atomic E-state index is 11.9. The number of hydrogen-bond acceptors (Lipinski definition) is 6. The van der Waals surface area contributed by atoms with Gasteiger partial charge in [-0.05, 0) is 30.7 Å². The Morgan fingerprint density at radius 2 is 2.20 bits per heavy atom. The quantitative estimate of drug-likeness (QED) is 0.719. The number of esters is 1. The molecule has 0 saturated heterocycles. The van der Waals surface area contributed by atoms with Gasteiger partial charge in [0.25, 0.3) is 0 Å². The van der Waals surface area contributed by atoms with Crippen molar-refractivity contribution in [1.82, 2.24) is 4.72 Å². The topological polar surface area (TPSA) is 116 Å². The third-order valence-electron chi connectivity index (χ3n) is 2.57. The lowest BCUT2D eigenvalue weighted by atomic mass is 10.1. The van der Waals surface area contributed by atoms with Crippen molar-refractivity contribution >= 4 is 16.0 Å². The van der Waals surface area contributed by atoms with Crippen LogP contribution in [-0.2, 0) is 19.6 Å². The Morgan fingerprint density at radius 3 is 2.70 bits per heavy atom. The second-order valence-corrected chi connectivity index (χ2v) is 5.75. The van der Waals surface area contributed by atoms with Crippen molar-refractivity contribution in [2.24, 2.45) is 0 Å².